The van der Waals surface area contributed by atoms with Gasteiger partial charge in [-0.1, -0.05) is 105 Å². The third kappa shape index (κ3) is 16.7. The molecular formula is C54H62BF40N. The Morgan fingerprint density at radius 1 is 0.271 bits per heavy atom. The van der Waals surface area contributed by atoms with Crippen molar-refractivity contribution in [3.8, 4) is 11.1 Å². The summed E-state index contributed by atoms with van der Waals surface area (Å²) in [6.45, 7) is 8.39. The van der Waals surface area contributed by atoms with Crippen LogP contribution in [0.2, 0.25) is 0 Å². The van der Waals surface area contributed by atoms with E-state index in [1.165, 1.54) is 34.2 Å². The van der Waals surface area contributed by atoms with Crippen LogP contribution in [0.25, 0.3) is 11.1 Å². The number of unbranched alkanes of at least 4 members (excludes halogenated alkanes) is 12. The molecule has 2 aromatic rings. The summed E-state index contributed by atoms with van der Waals surface area (Å²) in [5.74, 6) is -138. The monoisotopic (exact) mass is 1500 g/mol. The Morgan fingerprint density at radius 2 is 0.479 bits per heavy atom. The SMILES string of the molecule is CCCCCCC(F)(F)C(F)(F)C(F)(F)[B-](C(F)(F)C(F)(F)C(F)(F)CCCCCC)(C(F)(F)C(F)(F)C(F)(F)CCCCCC)C(F)(F)C(F)(F)C(F)(F)CCCCCC.CC[NH2+]C.Fc1c(F)c(F)c(-c2c(C(F)(F)F)c(F)c(F)c(F)c2C(F)(F)C(F)(F)F)c(F)c1F. The van der Waals surface area contributed by atoms with Crippen molar-refractivity contribution < 1.29 is 181 Å². The van der Waals surface area contributed by atoms with Gasteiger partial charge in [0.05, 0.1) is 24.7 Å². The van der Waals surface area contributed by atoms with E-state index in [4.69, 9.17) is 0 Å². The first kappa shape index (κ1) is 91.7. The number of nitrogens with two attached hydrogens (primary N) is 1. The summed E-state index contributed by atoms with van der Waals surface area (Å²) in [6.07, 6.45) is -48.5. The lowest BCUT2D eigenvalue weighted by molar-refractivity contribution is -0.623. The average Bonchev–Trinajstić information content (AvgIpc) is 0.642. The minimum atomic E-state index is -11.7. The van der Waals surface area contributed by atoms with Gasteiger partial charge >= 0.3 is 71.8 Å². The fraction of sp³-hybridized carbons (Fsp3) is 0.778. The molecule has 0 aromatic heterocycles. The molecule has 0 amide bonds. The highest BCUT2D eigenvalue weighted by molar-refractivity contribution is 6.89. The second-order valence-corrected chi connectivity index (χ2v) is 22.1. The van der Waals surface area contributed by atoms with Gasteiger partial charge in [0.15, 0.2) is 40.7 Å². The molecule has 0 aliphatic heterocycles. The van der Waals surface area contributed by atoms with E-state index in [0.29, 0.717) is 0 Å². The lowest BCUT2D eigenvalue weighted by Gasteiger charge is -2.63. The van der Waals surface area contributed by atoms with E-state index in [1.54, 1.807) is 0 Å². The number of hydrogen-bond donors (Lipinski definition) is 1. The van der Waals surface area contributed by atoms with Crippen LogP contribution >= 0.6 is 0 Å². The zero-order chi connectivity index (χ0) is 76.5. The van der Waals surface area contributed by atoms with E-state index >= 15 is 105 Å². The number of alkyl halides is 32. The maximum absolute atomic E-state index is 16.5. The molecule has 0 bridgehead atoms. The zero-order valence-corrected chi connectivity index (χ0v) is 50.6. The Hall–Kier alpha value is -4.34. The first-order chi connectivity index (χ1) is 42.9. The molecule has 2 aromatic carbocycles. The number of halogens is 40. The van der Waals surface area contributed by atoms with Crippen molar-refractivity contribution in [3.63, 3.8) is 0 Å². The number of quaternary nitrogens is 1. The van der Waals surface area contributed by atoms with Crippen LogP contribution in [0.15, 0.2) is 0 Å². The highest BCUT2D eigenvalue weighted by Gasteiger charge is 3.03. The number of hydrogen-bond acceptors (Lipinski definition) is 0. The lowest BCUT2D eigenvalue weighted by atomic mass is 9.08. The number of benzene rings is 2. The van der Waals surface area contributed by atoms with Crippen LogP contribution in [0.3, 0.4) is 0 Å². The Morgan fingerprint density at radius 3 is 0.677 bits per heavy atom. The van der Waals surface area contributed by atoms with Crippen molar-refractivity contribution in [1.29, 1.82) is 0 Å². The van der Waals surface area contributed by atoms with E-state index in [2.05, 4.69) is 19.3 Å². The quantitative estimate of drug-likeness (QED) is 0.0233. The minimum Gasteiger partial charge on any atom is -0.349 e. The predicted molar refractivity (Wildman–Crippen MR) is 265 cm³/mol. The van der Waals surface area contributed by atoms with Crippen LogP contribution in [0.1, 0.15) is 174 Å². The average molecular weight is 1500 g/mol. The standard InChI is InChI=1S/C36H52BF24.C15F16.C3H9N/c1-5-9-13-17-21-25(38,39)29(46,47)33(54,55)37(34(56,57)30(48,49)26(40,41)22-18-14-10-6-2,35(58,59)31(50,51)27(42,43)23-19-15-11-7-3)36(60,61)32(52,53)28(44,45)24-20-16-12-8-4;16-5-2(6(17)10(21)12(23)9(5)20)1-3(13(24,25)15(29,30)31)7(18)11(22)8(19)4(1)14(26,27)28;1-3-4-2/h5-24H2,1-4H3;;4H,3H2,1-2H3/q-1;;/p+1. The van der Waals surface area contributed by atoms with Gasteiger partial charge < -0.3 is 5.32 Å². The largest absolute Gasteiger partial charge is 0.458 e. The molecule has 42 heteroatoms. The molecule has 2 rings (SSSR count). The molecule has 0 aliphatic carbocycles. The van der Waals surface area contributed by atoms with Crippen LogP contribution in [-0.2, 0) is 12.1 Å². The maximum Gasteiger partial charge on any atom is 0.458 e. The van der Waals surface area contributed by atoms with Gasteiger partial charge in [0.2, 0.25) is 29.1 Å². The molecule has 0 saturated carbocycles. The molecule has 0 heterocycles. The van der Waals surface area contributed by atoms with Gasteiger partial charge in [0, 0.05) is 31.2 Å². The number of rotatable bonds is 35. The van der Waals surface area contributed by atoms with Crippen molar-refractivity contribution in [1.82, 2.24) is 0 Å². The molecule has 0 spiro atoms. The second kappa shape index (κ2) is 32.5. The highest BCUT2D eigenvalue weighted by atomic mass is 19.4. The molecule has 1 nitrogen and oxygen atoms in total. The molecule has 0 fully saturated rings. The summed E-state index contributed by atoms with van der Waals surface area (Å²) >= 11 is 0. The van der Waals surface area contributed by atoms with Gasteiger partial charge in [-0.05, 0) is 32.6 Å². The maximum atomic E-state index is 16.5. The third-order valence-electron chi connectivity index (χ3n) is 15.2. The molecule has 0 radical (unpaired) electrons. The first-order valence-electron chi connectivity index (χ1n) is 28.6. The van der Waals surface area contributed by atoms with Gasteiger partial charge in [-0.2, -0.15) is 105 Å². The Balaban J connectivity index is 0.00000213. The van der Waals surface area contributed by atoms with Crippen molar-refractivity contribution in [2.75, 3.05) is 13.6 Å². The third-order valence-corrected chi connectivity index (χ3v) is 15.2. The van der Waals surface area contributed by atoms with Gasteiger partial charge in [-0.15, -0.1) is 0 Å². The van der Waals surface area contributed by atoms with E-state index in [1.807, 2.05) is 0 Å². The first-order valence-corrected chi connectivity index (χ1v) is 28.6. The lowest BCUT2D eigenvalue weighted by Crippen LogP contribution is -2.96. The second-order valence-electron chi connectivity index (χ2n) is 22.1. The topological polar surface area (TPSA) is 16.6 Å². The van der Waals surface area contributed by atoms with E-state index in [-0.39, 0.29) is 51.4 Å². The smallest absolute Gasteiger partial charge is 0.349 e. The molecule has 566 valence electrons. The molecule has 2 N–H and O–H groups in total. The van der Waals surface area contributed by atoms with Crippen LogP contribution < -0.4 is 5.32 Å². The Kier molecular flexibility index (Phi) is 31.1. The normalized spacial score (nSPS) is 14.4. The van der Waals surface area contributed by atoms with E-state index in [9.17, 15) is 70.2 Å². The molecular weight excluding hydrogens is 1430 g/mol. The summed E-state index contributed by atoms with van der Waals surface area (Å²) in [7, 11) is 2.06. The van der Waals surface area contributed by atoms with Crippen molar-refractivity contribution in [2.45, 2.75) is 252 Å². The van der Waals surface area contributed by atoms with Crippen LogP contribution in [0, 0.1) is 46.5 Å². The van der Waals surface area contributed by atoms with Crippen LogP contribution in [0.4, 0.5) is 176 Å². The summed E-state index contributed by atoms with van der Waals surface area (Å²) in [4.78, 5) is 0. The summed E-state index contributed by atoms with van der Waals surface area (Å²) < 4.78 is 593. The minimum absolute atomic E-state index is 0.0414. The van der Waals surface area contributed by atoms with Gasteiger partial charge in [0.1, 0.15) is 5.56 Å². The molecule has 0 saturated heterocycles. The van der Waals surface area contributed by atoms with Crippen molar-refractivity contribution >= 4 is 6.15 Å². The Labute approximate surface area is 521 Å². The van der Waals surface area contributed by atoms with Crippen LogP contribution in [0.5, 0.6) is 0 Å². The molecule has 96 heavy (non-hydrogen) atoms. The summed E-state index contributed by atoms with van der Waals surface area (Å²) in [6, 6.07) is 0. The van der Waals surface area contributed by atoms with Crippen molar-refractivity contribution in [3.05, 3.63) is 57.7 Å². The fourth-order valence-corrected chi connectivity index (χ4v) is 9.59. The van der Waals surface area contributed by atoms with Gasteiger partial charge in [-0.25, -0.2) is 70.2 Å². The van der Waals surface area contributed by atoms with Crippen molar-refractivity contribution in [2.24, 2.45) is 0 Å². The summed E-state index contributed by atoms with van der Waals surface area (Å²) in [5, 5.41) is 2.12. The zero-order valence-electron chi connectivity index (χ0n) is 50.6. The van der Waals surface area contributed by atoms with Gasteiger partial charge in [-0.3, -0.25) is 0 Å². The molecule has 0 unspecified atom stereocenters. The molecule has 0 atom stereocenters. The summed E-state index contributed by atoms with van der Waals surface area (Å²) in [5.41, 5.74) is -14.2. The molecule has 0 aliphatic rings. The van der Waals surface area contributed by atoms with E-state index in [0.717, 1.165) is 0 Å². The fourth-order valence-electron chi connectivity index (χ4n) is 9.59. The predicted octanol–water partition coefficient (Wildman–Crippen LogP) is 23.4. The Bertz CT molecular complexity index is 2560. The highest BCUT2D eigenvalue weighted by Crippen LogP contribution is 2.73. The van der Waals surface area contributed by atoms with Gasteiger partial charge in [0.25, 0.3) is 0 Å². The van der Waals surface area contributed by atoms with E-state index < -0.39 is 241 Å². The van der Waals surface area contributed by atoms with Crippen LogP contribution in [-0.4, -0.2) is 96.6 Å².